The predicted octanol–water partition coefficient (Wildman–Crippen LogP) is 1.33. The maximum Gasteiger partial charge on any atom is 0.136 e. The molecule has 0 aliphatic heterocycles. The zero-order valence-electron chi connectivity index (χ0n) is 10.1. The van der Waals surface area contributed by atoms with E-state index in [4.69, 9.17) is 18.0 Å². The summed E-state index contributed by atoms with van der Waals surface area (Å²) >= 11 is 4.98. The molecular formula is C12H15N5S. The summed E-state index contributed by atoms with van der Waals surface area (Å²) in [7, 11) is 0. The molecule has 2 aromatic rings. The van der Waals surface area contributed by atoms with Gasteiger partial charge < -0.3 is 11.1 Å². The normalized spacial score (nSPS) is 10.3. The molecule has 0 aromatic carbocycles. The molecule has 0 atom stereocenters. The molecule has 0 saturated carbocycles. The molecule has 5 nitrogen and oxygen atoms in total. The number of aryl methyl sites for hydroxylation is 1. The van der Waals surface area contributed by atoms with E-state index in [0.717, 1.165) is 17.7 Å². The second-order valence-electron chi connectivity index (χ2n) is 3.97. The van der Waals surface area contributed by atoms with Crippen LogP contribution in [-0.2, 0) is 6.54 Å². The Morgan fingerprint density at radius 1 is 1.56 bits per heavy atom. The average molecular weight is 261 g/mol. The first kappa shape index (κ1) is 12.5. The fraction of sp³-hybridized carbons (Fsp3) is 0.250. The summed E-state index contributed by atoms with van der Waals surface area (Å²) in [4.78, 5) is 4.58. The lowest BCUT2D eigenvalue weighted by Crippen LogP contribution is -2.17. The van der Waals surface area contributed by atoms with Crippen molar-refractivity contribution < 1.29 is 0 Å². The summed E-state index contributed by atoms with van der Waals surface area (Å²) in [5.41, 5.74) is 7.55. The van der Waals surface area contributed by atoms with Crippen molar-refractivity contribution in [3.8, 4) is 0 Å². The number of aromatic nitrogens is 3. The molecule has 0 aliphatic carbocycles. The number of nitrogens with two attached hydrogens (primary N) is 1. The fourth-order valence-corrected chi connectivity index (χ4v) is 1.79. The Morgan fingerprint density at radius 2 is 2.39 bits per heavy atom. The Hall–Kier alpha value is -1.95. The van der Waals surface area contributed by atoms with Crippen molar-refractivity contribution in [2.45, 2.75) is 13.5 Å². The lowest BCUT2D eigenvalue weighted by molar-refractivity contribution is 0.636. The number of nitrogens with one attached hydrogen (secondary N) is 1. The van der Waals surface area contributed by atoms with E-state index in [2.05, 4.69) is 15.4 Å². The molecule has 18 heavy (non-hydrogen) atoms. The molecule has 2 heterocycles. The van der Waals surface area contributed by atoms with E-state index in [-0.39, 0.29) is 0 Å². The zero-order valence-corrected chi connectivity index (χ0v) is 10.9. The maximum absolute atomic E-state index is 5.63. The van der Waals surface area contributed by atoms with Crippen molar-refractivity contribution in [1.82, 2.24) is 14.8 Å². The molecule has 2 rings (SSSR count). The second-order valence-corrected chi connectivity index (χ2v) is 4.41. The lowest BCUT2D eigenvalue weighted by Gasteiger charge is -2.09. The molecule has 0 unspecified atom stereocenters. The minimum Gasteiger partial charge on any atom is -0.389 e. The standard InChI is InChI=1S/C12H15N5S/c1-9-7-16-17(8-9)6-5-15-12-10(11(13)18)3-2-4-14-12/h2-4,7-8H,5-6H2,1H3,(H2,13,18)(H,14,15). The van der Waals surface area contributed by atoms with Crippen LogP contribution in [0.25, 0.3) is 0 Å². The molecule has 2 aromatic heterocycles. The molecule has 0 radical (unpaired) electrons. The van der Waals surface area contributed by atoms with Gasteiger partial charge >= 0.3 is 0 Å². The average Bonchev–Trinajstić information content (AvgIpc) is 2.75. The number of thiocarbonyl (C=S) groups is 1. The highest BCUT2D eigenvalue weighted by molar-refractivity contribution is 7.80. The molecule has 0 fully saturated rings. The third kappa shape index (κ3) is 3.04. The van der Waals surface area contributed by atoms with Gasteiger partial charge in [-0.1, -0.05) is 12.2 Å². The summed E-state index contributed by atoms with van der Waals surface area (Å²) in [6.45, 7) is 3.50. The first-order valence-corrected chi connectivity index (χ1v) is 6.05. The predicted molar refractivity (Wildman–Crippen MR) is 75.6 cm³/mol. The van der Waals surface area contributed by atoms with Crippen LogP contribution in [0, 0.1) is 6.92 Å². The SMILES string of the molecule is Cc1cnn(CCNc2ncccc2C(N)=S)c1. The van der Waals surface area contributed by atoms with Crippen molar-refractivity contribution in [3.05, 3.63) is 41.9 Å². The first-order valence-electron chi connectivity index (χ1n) is 5.64. The molecule has 0 spiro atoms. The second kappa shape index (κ2) is 5.59. The topological polar surface area (TPSA) is 68.8 Å². The summed E-state index contributed by atoms with van der Waals surface area (Å²) in [5, 5.41) is 7.42. The largest absolute Gasteiger partial charge is 0.389 e. The van der Waals surface area contributed by atoms with Gasteiger partial charge in [-0.25, -0.2) is 4.98 Å². The van der Waals surface area contributed by atoms with E-state index in [1.807, 2.05) is 36.1 Å². The van der Waals surface area contributed by atoms with Crippen molar-refractivity contribution in [3.63, 3.8) is 0 Å². The highest BCUT2D eigenvalue weighted by Gasteiger charge is 2.04. The van der Waals surface area contributed by atoms with Crippen LogP contribution in [-0.4, -0.2) is 26.3 Å². The van der Waals surface area contributed by atoms with Crippen LogP contribution in [0.15, 0.2) is 30.7 Å². The Morgan fingerprint density at radius 3 is 3.06 bits per heavy atom. The molecule has 94 valence electrons. The molecule has 0 saturated heterocycles. The van der Waals surface area contributed by atoms with Gasteiger partial charge in [-0.15, -0.1) is 0 Å². The van der Waals surface area contributed by atoms with Crippen molar-refractivity contribution in [1.29, 1.82) is 0 Å². The number of pyridine rings is 1. The smallest absolute Gasteiger partial charge is 0.136 e. The molecule has 3 N–H and O–H groups in total. The van der Waals surface area contributed by atoms with Gasteiger partial charge in [-0.05, 0) is 24.6 Å². The van der Waals surface area contributed by atoms with E-state index in [0.29, 0.717) is 17.4 Å². The van der Waals surface area contributed by atoms with Crippen LogP contribution in [0.3, 0.4) is 0 Å². The minimum atomic E-state index is 0.348. The van der Waals surface area contributed by atoms with Crippen LogP contribution in [0.5, 0.6) is 0 Å². The monoisotopic (exact) mass is 261 g/mol. The molecule has 0 amide bonds. The summed E-state index contributed by atoms with van der Waals surface area (Å²) in [6.07, 6.45) is 5.54. The summed E-state index contributed by atoms with van der Waals surface area (Å²) < 4.78 is 1.88. The van der Waals surface area contributed by atoms with Gasteiger partial charge in [0.15, 0.2) is 0 Å². The minimum absolute atomic E-state index is 0.348. The van der Waals surface area contributed by atoms with E-state index in [1.54, 1.807) is 6.20 Å². The Balaban J connectivity index is 1.96. The summed E-state index contributed by atoms with van der Waals surface area (Å²) in [5.74, 6) is 0.717. The third-order valence-electron chi connectivity index (χ3n) is 2.47. The quantitative estimate of drug-likeness (QED) is 0.795. The Bertz CT molecular complexity index is 549. The van der Waals surface area contributed by atoms with Crippen LogP contribution in [0.2, 0.25) is 0 Å². The van der Waals surface area contributed by atoms with E-state index in [1.165, 1.54) is 0 Å². The van der Waals surface area contributed by atoms with Crippen molar-refractivity contribution >= 4 is 23.0 Å². The third-order valence-corrected chi connectivity index (χ3v) is 2.69. The lowest BCUT2D eigenvalue weighted by atomic mass is 10.2. The zero-order chi connectivity index (χ0) is 13.0. The van der Waals surface area contributed by atoms with Crippen LogP contribution < -0.4 is 11.1 Å². The first-order chi connectivity index (χ1) is 8.66. The number of nitrogens with zero attached hydrogens (tertiary/aromatic N) is 3. The van der Waals surface area contributed by atoms with Crippen LogP contribution >= 0.6 is 12.2 Å². The van der Waals surface area contributed by atoms with Crippen molar-refractivity contribution in [2.24, 2.45) is 5.73 Å². The number of anilines is 1. The molecule has 0 aliphatic rings. The molecule has 6 heteroatoms. The van der Waals surface area contributed by atoms with E-state index >= 15 is 0 Å². The Labute approximate surface area is 111 Å². The van der Waals surface area contributed by atoms with Gasteiger partial charge in [0.05, 0.1) is 18.3 Å². The Kier molecular flexibility index (Phi) is 3.88. The highest BCUT2D eigenvalue weighted by atomic mass is 32.1. The summed E-state index contributed by atoms with van der Waals surface area (Å²) in [6, 6.07) is 3.67. The fourth-order valence-electron chi connectivity index (χ4n) is 1.62. The van der Waals surface area contributed by atoms with Crippen molar-refractivity contribution in [2.75, 3.05) is 11.9 Å². The van der Waals surface area contributed by atoms with E-state index in [9.17, 15) is 0 Å². The van der Waals surface area contributed by atoms with E-state index < -0.39 is 0 Å². The van der Waals surface area contributed by atoms with Gasteiger partial charge in [0, 0.05) is 18.9 Å². The van der Waals surface area contributed by atoms with Crippen LogP contribution in [0.1, 0.15) is 11.1 Å². The van der Waals surface area contributed by atoms with Gasteiger partial charge in [0.25, 0.3) is 0 Å². The highest BCUT2D eigenvalue weighted by Crippen LogP contribution is 2.10. The van der Waals surface area contributed by atoms with Gasteiger partial charge in [-0.3, -0.25) is 4.68 Å². The van der Waals surface area contributed by atoms with Crippen LogP contribution in [0.4, 0.5) is 5.82 Å². The number of hydrogen-bond donors (Lipinski definition) is 2. The maximum atomic E-state index is 5.63. The van der Waals surface area contributed by atoms with Gasteiger partial charge in [0.1, 0.15) is 10.8 Å². The number of rotatable bonds is 5. The molecular weight excluding hydrogens is 246 g/mol. The van der Waals surface area contributed by atoms with Gasteiger partial charge in [0.2, 0.25) is 0 Å². The molecule has 0 bridgehead atoms. The van der Waals surface area contributed by atoms with Gasteiger partial charge in [-0.2, -0.15) is 5.10 Å². The number of hydrogen-bond acceptors (Lipinski definition) is 4.